The van der Waals surface area contributed by atoms with E-state index in [0.29, 0.717) is 5.56 Å². The smallest absolute Gasteiger partial charge is 0.278 e. The zero-order chi connectivity index (χ0) is 24.2. The summed E-state index contributed by atoms with van der Waals surface area (Å²) in [5.74, 6) is -4.37. The average Bonchev–Trinajstić information content (AvgIpc) is 2.83. The van der Waals surface area contributed by atoms with Crippen molar-refractivity contribution in [3.8, 4) is 5.75 Å². The molecule has 0 aliphatic carbocycles. The quantitative estimate of drug-likeness (QED) is 0.724. The van der Waals surface area contributed by atoms with Gasteiger partial charge in [-0.15, -0.1) is 0 Å². The summed E-state index contributed by atoms with van der Waals surface area (Å²) >= 11 is 0. The highest BCUT2D eigenvalue weighted by atomic mass is 19.1. The predicted molar refractivity (Wildman–Crippen MR) is 112 cm³/mol. The van der Waals surface area contributed by atoms with Crippen molar-refractivity contribution in [3.05, 3.63) is 62.6 Å². The first-order valence-electron chi connectivity index (χ1n) is 10.4. The van der Waals surface area contributed by atoms with E-state index in [1.807, 2.05) is 0 Å². The van der Waals surface area contributed by atoms with Crippen molar-refractivity contribution in [2.24, 2.45) is 0 Å². The molecule has 2 aliphatic rings. The number of aromatic hydroxyl groups is 1. The van der Waals surface area contributed by atoms with Gasteiger partial charge in [0.2, 0.25) is 5.43 Å². The molecule has 176 valence electrons. The van der Waals surface area contributed by atoms with Gasteiger partial charge in [0, 0.05) is 30.8 Å². The number of halogens is 3. The predicted octanol–water partition coefficient (Wildman–Crippen LogP) is 1.94. The Balaban J connectivity index is 1.71. The maximum atomic E-state index is 14.6. The molecule has 2 aromatic rings. The Morgan fingerprint density at radius 3 is 2.48 bits per heavy atom. The second kappa shape index (κ2) is 8.13. The molecular weight excluding hydrogens is 441 g/mol. The zero-order valence-corrected chi connectivity index (χ0v) is 18.2. The van der Waals surface area contributed by atoms with E-state index in [0.717, 1.165) is 18.3 Å². The third-order valence-corrected chi connectivity index (χ3v) is 6.25. The number of carbonyl (C=O) groups is 2. The number of benzene rings is 1. The lowest BCUT2D eigenvalue weighted by atomic mass is 10.1. The number of carbonyl (C=O) groups excluding carboxylic acids is 2. The van der Waals surface area contributed by atoms with Gasteiger partial charge in [0.1, 0.15) is 30.0 Å². The van der Waals surface area contributed by atoms with Crippen molar-refractivity contribution >= 4 is 11.8 Å². The molecule has 2 aliphatic heterocycles. The van der Waals surface area contributed by atoms with Gasteiger partial charge in [-0.05, 0) is 38.5 Å². The van der Waals surface area contributed by atoms with E-state index >= 15 is 0 Å². The number of hydrogen-bond acceptors (Lipinski definition) is 5. The van der Waals surface area contributed by atoms with Crippen molar-refractivity contribution in [1.29, 1.82) is 0 Å². The van der Waals surface area contributed by atoms with Crippen LogP contribution in [-0.2, 0) is 6.54 Å². The van der Waals surface area contributed by atoms with Crippen LogP contribution in [0.4, 0.5) is 13.2 Å². The topological polar surface area (TPSA) is 94.9 Å². The van der Waals surface area contributed by atoms with E-state index in [1.54, 1.807) is 18.9 Å². The van der Waals surface area contributed by atoms with E-state index in [2.05, 4.69) is 5.32 Å². The summed E-state index contributed by atoms with van der Waals surface area (Å²) < 4.78 is 43.9. The van der Waals surface area contributed by atoms with E-state index in [-0.39, 0.29) is 24.3 Å². The van der Waals surface area contributed by atoms with Crippen LogP contribution in [0.25, 0.3) is 0 Å². The second-order valence-corrected chi connectivity index (χ2v) is 8.50. The highest BCUT2D eigenvalue weighted by molar-refractivity contribution is 5.99. The number of fused-ring (bicyclic) bond motifs is 4. The van der Waals surface area contributed by atoms with Gasteiger partial charge in [-0.2, -0.15) is 0 Å². The van der Waals surface area contributed by atoms with Crippen LogP contribution in [0.2, 0.25) is 0 Å². The van der Waals surface area contributed by atoms with Crippen molar-refractivity contribution in [2.75, 3.05) is 11.7 Å². The molecule has 0 unspecified atom stereocenters. The second-order valence-electron chi connectivity index (χ2n) is 8.50. The largest absolute Gasteiger partial charge is 0.502 e. The fraction of sp³-hybridized carbons (Fsp3) is 0.409. The minimum atomic E-state index is -1.32. The number of nitrogens with one attached hydrogen (secondary N) is 1. The first-order valence-corrected chi connectivity index (χ1v) is 10.4. The van der Waals surface area contributed by atoms with Gasteiger partial charge in [0.05, 0.1) is 6.04 Å². The Kier molecular flexibility index (Phi) is 5.59. The van der Waals surface area contributed by atoms with Gasteiger partial charge in [0.25, 0.3) is 11.8 Å². The molecule has 3 heterocycles. The van der Waals surface area contributed by atoms with Crippen molar-refractivity contribution in [1.82, 2.24) is 14.9 Å². The molecule has 4 rings (SSSR count). The summed E-state index contributed by atoms with van der Waals surface area (Å²) in [4.78, 5) is 39.6. The summed E-state index contributed by atoms with van der Waals surface area (Å²) in [6, 6.07) is 1.03. The van der Waals surface area contributed by atoms with Crippen LogP contribution in [0.15, 0.2) is 23.1 Å². The lowest BCUT2D eigenvalue weighted by Crippen LogP contribution is -2.57. The Hall–Kier alpha value is -3.50. The molecule has 1 aromatic carbocycles. The average molecular weight is 464 g/mol. The van der Waals surface area contributed by atoms with E-state index in [1.165, 1.54) is 16.5 Å². The third kappa shape index (κ3) is 3.70. The molecule has 2 N–H and O–H groups in total. The molecule has 2 amide bonds. The molecule has 2 bridgehead atoms. The van der Waals surface area contributed by atoms with Gasteiger partial charge >= 0.3 is 0 Å². The molecule has 11 heteroatoms. The fourth-order valence-electron chi connectivity index (χ4n) is 4.24. The van der Waals surface area contributed by atoms with Crippen molar-refractivity contribution in [2.45, 2.75) is 52.0 Å². The van der Waals surface area contributed by atoms with Crippen LogP contribution in [0.3, 0.4) is 0 Å². The Morgan fingerprint density at radius 2 is 1.85 bits per heavy atom. The molecule has 0 radical (unpaired) electrons. The van der Waals surface area contributed by atoms with E-state index in [4.69, 9.17) is 0 Å². The number of alkyl halides is 1. The number of pyridine rings is 1. The standard InChI is InChI=1S/C22H23F3N4O4/c1-10-4-16(24)13(17(25)5-10)7-26-21(32)14-8-28-18(20(31)19(14)30)22(33)27-9-29(28)11(2)6-15(23)12(27)3/h4-5,8,11-12,15,31H,6-7,9H2,1-3H3,(H,26,32)/t11-,12+,15+/m1/s1. The maximum Gasteiger partial charge on any atom is 0.278 e. The van der Waals surface area contributed by atoms with Crippen LogP contribution < -0.4 is 15.8 Å². The van der Waals surface area contributed by atoms with Crippen molar-refractivity contribution in [3.63, 3.8) is 0 Å². The Morgan fingerprint density at radius 1 is 1.21 bits per heavy atom. The molecule has 1 aromatic heterocycles. The highest BCUT2D eigenvalue weighted by Gasteiger charge is 2.43. The Labute approximate surface area is 187 Å². The van der Waals surface area contributed by atoms with Gasteiger partial charge in [0.15, 0.2) is 11.4 Å². The first-order chi connectivity index (χ1) is 15.5. The molecular formula is C22H23F3N4O4. The zero-order valence-electron chi connectivity index (χ0n) is 18.2. The SMILES string of the molecule is Cc1cc(F)c(CNC(=O)c2cn3c(c(O)c2=O)C(=O)N2CN3[C@H](C)C[C@H](F)[C@@H]2C)c(F)c1. The molecule has 1 saturated heterocycles. The molecule has 1 fully saturated rings. The van der Waals surface area contributed by atoms with Crippen LogP contribution in [0.5, 0.6) is 5.75 Å². The first kappa shape index (κ1) is 22.7. The number of rotatable bonds is 3. The summed E-state index contributed by atoms with van der Waals surface area (Å²) in [6.07, 6.45) is -0.145. The van der Waals surface area contributed by atoms with Crippen LogP contribution in [0.1, 0.15) is 52.2 Å². The number of amides is 2. The van der Waals surface area contributed by atoms with Gasteiger partial charge < -0.3 is 15.3 Å². The molecule has 3 atom stereocenters. The molecule has 33 heavy (non-hydrogen) atoms. The summed E-state index contributed by atoms with van der Waals surface area (Å²) in [5, 5.41) is 14.4. The van der Waals surface area contributed by atoms with E-state index < -0.39 is 65.0 Å². The number of hydrogen-bond donors (Lipinski definition) is 2. The number of aromatic nitrogens is 1. The number of nitrogens with zero attached hydrogens (tertiary/aromatic N) is 3. The fourth-order valence-corrected chi connectivity index (χ4v) is 4.24. The summed E-state index contributed by atoms with van der Waals surface area (Å²) in [7, 11) is 0. The van der Waals surface area contributed by atoms with E-state index in [9.17, 15) is 32.7 Å². The van der Waals surface area contributed by atoms with Crippen molar-refractivity contribution < 1.29 is 27.9 Å². The lowest BCUT2D eigenvalue weighted by Gasteiger charge is -2.41. The number of aryl methyl sites for hydroxylation is 1. The van der Waals surface area contributed by atoms with Crippen LogP contribution in [0, 0.1) is 18.6 Å². The third-order valence-electron chi connectivity index (χ3n) is 6.25. The minimum Gasteiger partial charge on any atom is -0.502 e. The summed E-state index contributed by atoms with van der Waals surface area (Å²) in [6.45, 7) is 4.25. The summed E-state index contributed by atoms with van der Waals surface area (Å²) in [5.41, 5.74) is -2.02. The maximum absolute atomic E-state index is 14.6. The minimum absolute atomic E-state index is 0.00224. The lowest BCUT2D eigenvalue weighted by molar-refractivity contribution is 0.0553. The van der Waals surface area contributed by atoms with Gasteiger partial charge in [-0.25, -0.2) is 13.2 Å². The molecule has 8 nitrogen and oxygen atoms in total. The molecule has 0 saturated carbocycles. The Bertz CT molecular complexity index is 1190. The highest BCUT2D eigenvalue weighted by Crippen LogP contribution is 2.30. The van der Waals surface area contributed by atoms with Crippen LogP contribution >= 0.6 is 0 Å². The van der Waals surface area contributed by atoms with Gasteiger partial charge in [-0.1, -0.05) is 0 Å². The van der Waals surface area contributed by atoms with Crippen LogP contribution in [-0.4, -0.2) is 51.4 Å². The van der Waals surface area contributed by atoms with Gasteiger partial charge in [-0.3, -0.25) is 24.1 Å². The normalized spacial score (nSPS) is 22.1. The molecule has 0 spiro atoms. The monoisotopic (exact) mass is 464 g/mol.